The molecule has 0 aliphatic heterocycles. The lowest BCUT2D eigenvalue weighted by molar-refractivity contribution is 0.0978. The first-order valence-electron chi connectivity index (χ1n) is 5.83. The summed E-state index contributed by atoms with van der Waals surface area (Å²) in [6.07, 6.45) is 2.20. The molecule has 0 heterocycles. The van der Waals surface area contributed by atoms with Crippen LogP contribution in [0.2, 0.25) is 0 Å². The molecule has 0 amide bonds. The Morgan fingerprint density at radius 1 is 1.24 bits per heavy atom. The minimum atomic E-state index is -0.244. The minimum absolute atomic E-state index is 0.244. The standard InChI is InChI=1S/C13H18BrFO2/c1-2-3-6-16-7-8-17-13-5-4-12(15)9-11(13)10-14/h4-5,9H,2-3,6-8,10H2,1H3. The van der Waals surface area contributed by atoms with E-state index in [2.05, 4.69) is 22.9 Å². The molecule has 17 heavy (non-hydrogen) atoms. The molecule has 0 atom stereocenters. The van der Waals surface area contributed by atoms with Crippen molar-refractivity contribution in [1.82, 2.24) is 0 Å². The van der Waals surface area contributed by atoms with Gasteiger partial charge in [0.2, 0.25) is 0 Å². The van der Waals surface area contributed by atoms with Crippen LogP contribution >= 0.6 is 15.9 Å². The largest absolute Gasteiger partial charge is 0.491 e. The molecule has 96 valence electrons. The predicted molar refractivity (Wildman–Crippen MR) is 70.3 cm³/mol. The SMILES string of the molecule is CCCCOCCOc1ccc(F)cc1CBr. The smallest absolute Gasteiger partial charge is 0.123 e. The van der Waals surface area contributed by atoms with Crippen molar-refractivity contribution in [3.05, 3.63) is 29.6 Å². The van der Waals surface area contributed by atoms with Crippen molar-refractivity contribution in [2.75, 3.05) is 19.8 Å². The minimum Gasteiger partial charge on any atom is -0.491 e. The van der Waals surface area contributed by atoms with E-state index in [4.69, 9.17) is 9.47 Å². The van der Waals surface area contributed by atoms with Crippen LogP contribution in [0.3, 0.4) is 0 Å². The zero-order chi connectivity index (χ0) is 12.5. The van der Waals surface area contributed by atoms with Gasteiger partial charge in [0.25, 0.3) is 0 Å². The van der Waals surface area contributed by atoms with Crippen LogP contribution < -0.4 is 4.74 Å². The predicted octanol–water partition coefficient (Wildman–Crippen LogP) is 3.92. The summed E-state index contributed by atoms with van der Waals surface area (Å²) in [6.45, 7) is 3.96. The topological polar surface area (TPSA) is 18.5 Å². The molecule has 0 saturated carbocycles. The molecule has 0 saturated heterocycles. The average Bonchev–Trinajstić information content (AvgIpc) is 2.35. The van der Waals surface area contributed by atoms with Gasteiger partial charge in [-0.2, -0.15) is 0 Å². The van der Waals surface area contributed by atoms with Crippen LogP contribution in [0.1, 0.15) is 25.3 Å². The second-order valence-corrected chi connectivity index (χ2v) is 4.26. The van der Waals surface area contributed by atoms with E-state index in [1.807, 2.05) is 0 Å². The highest BCUT2D eigenvalue weighted by molar-refractivity contribution is 9.08. The van der Waals surface area contributed by atoms with E-state index < -0.39 is 0 Å². The van der Waals surface area contributed by atoms with Gasteiger partial charge < -0.3 is 9.47 Å². The van der Waals surface area contributed by atoms with Crippen LogP contribution in [0.25, 0.3) is 0 Å². The average molecular weight is 305 g/mol. The molecule has 2 nitrogen and oxygen atoms in total. The Labute approximate surface area is 110 Å². The highest BCUT2D eigenvalue weighted by Crippen LogP contribution is 2.22. The molecule has 0 bridgehead atoms. The summed E-state index contributed by atoms with van der Waals surface area (Å²) in [4.78, 5) is 0. The number of rotatable bonds is 8. The van der Waals surface area contributed by atoms with E-state index in [-0.39, 0.29) is 5.82 Å². The first-order valence-corrected chi connectivity index (χ1v) is 6.95. The van der Waals surface area contributed by atoms with Crippen LogP contribution in [-0.2, 0) is 10.1 Å². The van der Waals surface area contributed by atoms with Crippen LogP contribution in [0, 0.1) is 5.82 Å². The number of unbranched alkanes of at least 4 members (excludes halogenated alkanes) is 1. The third kappa shape index (κ3) is 5.50. The summed E-state index contributed by atoms with van der Waals surface area (Å²) in [5, 5.41) is 0.580. The highest BCUT2D eigenvalue weighted by atomic mass is 79.9. The molecule has 0 radical (unpaired) electrons. The van der Waals surface area contributed by atoms with Crippen molar-refractivity contribution in [2.24, 2.45) is 0 Å². The van der Waals surface area contributed by atoms with Gasteiger partial charge in [-0.25, -0.2) is 4.39 Å². The fourth-order valence-corrected chi connectivity index (χ4v) is 1.79. The Hall–Kier alpha value is -0.610. The van der Waals surface area contributed by atoms with Gasteiger partial charge in [-0.15, -0.1) is 0 Å². The van der Waals surface area contributed by atoms with Gasteiger partial charge in [-0.1, -0.05) is 29.3 Å². The maximum atomic E-state index is 13.0. The summed E-state index contributed by atoms with van der Waals surface area (Å²) >= 11 is 3.31. The van der Waals surface area contributed by atoms with Gasteiger partial charge in [0.05, 0.1) is 6.61 Å². The summed E-state index contributed by atoms with van der Waals surface area (Å²) in [6, 6.07) is 4.53. The Balaban J connectivity index is 2.31. The normalized spacial score (nSPS) is 10.5. The fourth-order valence-electron chi connectivity index (χ4n) is 1.35. The Bertz CT molecular complexity index is 331. The van der Waals surface area contributed by atoms with Crippen molar-refractivity contribution >= 4 is 15.9 Å². The van der Waals surface area contributed by atoms with Crippen LogP contribution in [0.4, 0.5) is 4.39 Å². The van der Waals surface area contributed by atoms with Crippen molar-refractivity contribution < 1.29 is 13.9 Å². The number of benzene rings is 1. The molecular weight excluding hydrogens is 287 g/mol. The molecular formula is C13H18BrFO2. The van der Waals surface area contributed by atoms with E-state index in [9.17, 15) is 4.39 Å². The monoisotopic (exact) mass is 304 g/mol. The zero-order valence-corrected chi connectivity index (χ0v) is 11.6. The molecule has 1 rings (SSSR count). The van der Waals surface area contributed by atoms with Gasteiger partial charge in [-0.05, 0) is 24.6 Å². The maximum Gasteiger partial charge on any atom is 0.123 e. The Morgan fingerprint density at radius 3 is 2.76 bits per heavy atom. The fraction of sp³-hybridized carbons (Fsp3) is 0.538. The molecule has 0 aliphatic carbocycles. The summed E-state index contributed by atoms with van der Waals surface area (Å²) < 4.78 is 23.9. The molecule has 4 heteroatoms. The zero-order valence-electron chi connectivity index (χ0n) is 10.0. The number of hydrogen-bond acceptors (Lipinski definition) is 2. The second-order valence-electron chi connectivity index (χ2n) is 3.70. The lowest BCUT2D eigenvalue weighted by atomic mass is 10.2. The van der Waals surface area contributed by atoms with Crippen molar-refractivity contribution in [3.8, 4) is 5.75 Å². The summed E-state index contributed by atoms with van der Waals surface area (Å²) in [7, 11) is 0. The second kappa shape index (κ2) is 8.48. The first-order chi connectivity index (χ1) is 8.27. The van der Waals surface area contributed by atoms with E-state index in [1.54, 1.807) is 6.07 Å². The number of halogens is 2. The number of ether oxygens (including phenoxy) is 2. The summed E-state index contributed by atoms with van der Waals surface area (Å²) in [5.41, 5.74) is 0.818. The van der Waals surface area contributed by atoms with Gasteiger partial charge in [0.15, 0.2) is 0 Å². The highest BCUT2D eigenvalue weighted by Gasteiger charge is 2.04. The molecule has 0 aromatic heterocycles. The van der Waals surface area contributed by atoms with Gasteiger partial charge in [0.1, 0.15) is 18.2 Å². The van der Waals surface area contributed by atoms with Crippen molar-refractivity contribution in [1.29, 1.82) is 0 Å². The maximum absolute atomic E-state index is 13.0. The van der Waals surface area contributed by atoms with Crippen LogP contribution in [0.5, 0.6) is 5.75 Å². The molecule has 0 aliphatic rings. The third-order valence-electron chi connectivity index (χ3n) is 2.29. The number of hydrogen-bond donors (Lipinski definition) is 0. The quantitative estimate of drug-likeness (QED) is 0.535. The first kappa shape index (κ1) is 14.5. The lowest BCUT2D eigenvalue weighted by Crippen LogP contribution is -2.08. The van der Waals surface area contributed by atoms with Gasteiger partial charge in [-0.3, -0.25) is 0 Å². The number of alkyl halides is 1. The lowest BCUT2D eigenvalue weighted by Gasteiger charge is -2.10. The van der Waals surface area contributed by atoms with Gasteiger partial charge >= 0.3 is 0 Å². The van der Waals surface area contributed by atoms with Crippen molar-refractivity contribution in [3.63, 3.8) is 0 Å². The third-order valence-corrected chi connectivity index (χ3v) is 2.90. The van der Waals surface area contributed by atoms with Crippen molar-refractivity contribution in [2.45, 2.75) is 25.1 Å². The Morgan fingerprint density at radius 2 is 2.06 bits per heavy atom. The molecule has 0 unspecified atom stereocenters. The molecule has 0 N–H and O–H groups in total. The molecule has 1 aromatic rings. The molecule has 1 aromatic carbocycles. The van der Waals surface area contributed by atoms with Crippen LogP contribution in [0.15, 0.2) is 18.2 Å². The molecule has 0 fully saturated rings. The van der Waals surface area contributed by atoms with Crippen LogP contribution in [-0.4, -0.2) is 19.8 Å². The van der Waals surface area contributed by atoms with E-state index in [0.29, 0.717) is 24.3 Å². The van der Waals surface area contributed by atoms with E-state index >= 15 is 0 Å². The van der Waals surface area contributed by atoms with E-state index in [1.165, 1.54) is 12.1 Å². The molecule has 0 spiro atoms. The van der Waals surface area contributed by atoms with Gasteiger partial charge in [0, 0.05) is 17.5 Å². The summed E-state index contributed by atoms with van der Waals surface area (Å²) in [5.74, 6) is 0.466. The van der Waals surface area contributed by atoms with E-state index in [0.717, 1.165) is 25.0 Å². The Kier molecular flexibility index (Phi) is 7.21.